The first-order valence-electron chi connectivity index (χ1n) is 10.7. The van der Waals surface area contributed by atoms with Gasteiger partial charge in [0.05, 0.1) is 36.2 Å². The Morgan fingerprint density at radius 2 is 1.86 bits per heavy atom. The zero-order valence-electron chi connectivity index (χ0n) is 18.9. The Hall–Kier alpha value is -3.73. The van der Waals surface area contributed by atoms with Crippen LogP contribution in [0.4, 0.5) is 13.2 Å². The van der Waals surface area contributed by atoms with E-state index in [1.807, 2.05) is 0 Å². The van der Waals surface area contributed by atoms with Gasteiger partial charge in [0.15, 0.2) is 6.61 Å². The summed E-state index contributed by atoms with van der Waals surface area (Å²) in [5.74, 6) is -1.25. The van der Waals surface area contributed by atoms with Crippen LogP contribution in [0.25, 0.3) is 11.0 Å². The first-order valence-corrected chi connectivity index (χ1v) is 10.7. The molecule has 11 heteroatoms. The summed E-state index contributed by atoms with van der Waals surface area (Å²) in [4.78, 5) is 41.0. The van der Waals surface area contributed by atoms with Gasteiger partial charge < -0.3 is 19.4 Å². The van der Waals surface area contributed by atoms with Crippen LogP contribution >= 0.6 is 0 Å². The summed E-state index contributed by atoms with van der Waals surface area (Å²) in [5, 5.41) is 2.49. The molecule has 0 saturated heterocycles. The Balaban J connectivity index is 1.83. The third-order valence-corrected chi connectivity index (χ3v) is 5.08. The summed E-state index contributed by atoms with van der Waals surface area (Å²) in [6, 6.07) is 12.0. The highest BCUT2D eigenvalue weighted by Gasteiger charge is 2.31. The van der Waals surface area contributed by atoms with Gasteiger partial charge in [-0.3, -0.25) is 14.4 Å². The predicted molar refractivity (Wildman–Crippen MR) is 121 cm³/mol. The Labute approximate surface area is 198 Å². The molecule has 0 saturated carbocycles. The SMILES string of the molecule is COCCNC(=O)COC(=O)CCc1nc2cc(C(F)(F)F)ccc2n(Cc2ccccc2)c1=O. The van der Waals surface area contributed by atoms with Gasteiger partial charge in [0.1, 0.15) is 5.69 Å². The first kappa shape index (κ1) is 25.9. The maximum Gasteiger partial charge on any atom is 0.416 e. The van der Waals surface area contributed by atoms with E-state index in [9.17, 15) is 27.6 Å². The predicted octanol–water partition coefficient (Wildman–Crippen LogP) is 2.70. The number of ether oxygens (including phenoxy) is 2. The lowest BCUT2D eigenvalue weighted by molar-refractivity contribution is -0.148. The molecule has 0 fully saturated rings. The Kier molecular flexibility index (Phi) is 8.58. The van der Waals surface area contributed by atoms with E-state index in [0.717, 1.165) is 17.7 Å². The van der Waals surface area contributed by atoms with E-state index in [-0.39, 0.29) is 42.7 Å². The molecule has 1 aromatic heterocycles. The summed E-state index contributed by atoms with van der Waals surface area (Å²) in [7, 11) is 1.48. The minimum atomic E-state index is -4.58. The fourth-order valence-corrected chi connectivity index (χ4v) is 3.34. The summed E-state index contributed by atoms with van der Waals surface area (Å²) in [5.41, 5.74) is -0.498. The number of carbonyl (C=O) groups excluding carboxylic acids is 2. The minimum absolute atomic E-state index is 0.0174. The normalized spacial score (nSPS) is 11.4. The zero-order valence-corrected chi connectivity index (χ0v) is 18.9. The van der Waals surface area contributed by atoms with Gasteiger partial charge >= 0.3 is 12.1 Å². The topological polar surface area (TPSA) is 99.5 Å². The number of nitrogens with one attached hydrogen (secondary N) is 1. The first-order chi connectivity index (χ1) is 16.7. The van der Waals surface area contributed by atoms with Crippen LogP contribution in [-0.2, 0) is 38.2 Å². The highest BCUT2D eigenvalue weighted by Crippen LogP contribution is 2.31. The Morgan fingerprint density at radius 1 is 1.11 bits per heavy atom. The van der Waals surface area contributed by atoms with Crippen molar-refractivity contribution in [2.24, 2.45) is 0 Å². The molecular formula is C24H24F3N3O5. The van der Waals surface area contributed by atoms with Gasteiger partial charge in [0.2, 0.25) is 0 Å². The fraction of sp³-hybridized carbons (Fsp3) is 0.333. The average Bonchev–Trinajstić information content (AvgIpc) is 2.83. The van der Waals surface area contributed by atoms with Crippen molar-refractivity contribution in [1.82, 2.24) is 14.9 Å². The van der Waals surface area contributed by atoms with Crippen molar-refractivity contribution in [2.75, 3.05) is 26.9 Å². The van der Waals surface area contributed by atoms with Crippen molar-refractivity contribution in [1.29, 1.82) is 0 Å². The third-order valence-electron chi connectivity index (χ3n) is 5.08. The maximum absolute atomic E-state index is 13.2. The molecule has 0 aliphatic rings. The molecule has 1 N–H and O–H groups in total. The summed E-state index contributed by atoms with van der Waals surface area (Å²) in [6.45, 7) is 0.178. The van der Waals surface area contributed by atoms with Gasteiger partial charge in [0, 0.05) is 20.1 Å². The lowest BCUT2D eigenvalue weighted by Gasteiger charge is -2.14. The summed E-state index contributed by atoms with van der Waals surface area (Å²) < 4.78 is 50.8. The number of hydrogen-bond acceptors (Lipinski definition) is 6. The lowest BCUT2D eigenvalue weighted by Crippen LogP contribution is -2.31. The molecule has 3 aromatic rings. The number of esters is 1. The van der Waals surface area contributed by atoms with Crippen LogP contribution in [0.15, 0.2) is 53.3 Å². The van der Waals surface area contributed by atoms with Crippen LogP contribution in [0.1, 0.15) is 23.2 Å². The molecule has 2 aromatic carbocycles. The van der Waals surface area contributed by atoms with Gasteiger partial charge in [-0.05, 0) is 23.8 Å². The smallest absolute Gasteiger partial charge is 0.416 e. The molecule has 0 aliphatic carbocycles. The maximum atomic E-state index is 13.2. The molecule has 0 radical (unpaired) electrons. The van der Waals surface area contributed by atoms with Crippen LogP contribution < -0.4 is 10.9 Å². The van der Waals surface area contributed by atoms with Crippen molar-refractivity contribution < 1.29 is 32.2 Å². The number of rotatable bonds is 10. The van der Waals surface area contributed by atoms with Crippen molar-refractivity contribution in [2.45, 2.75) is 25.6 Å². The lowest BCUT2D eigenvalue weighted by atomic mass is 10.1. The van der Waals surface area contributed by atoms with Gasteiger partial charge in [0.25, 0.3) is 11.5 Å². The van der Waals surface area contributed by atoms with E-state index in [4.69, 9.17) is 9.47 Å². The molecule has 1 heterocycles. The van der Waals surface area contributed by atoms with Crippen LogP contribution in [-0.4, -0.2) is 48.3 Å². The molecule has 0 spiro atoms. The van der Waals surface area contributed by atoms with Crippen LogP contribution in [0.5, 0.6) is 0 Å². The largest absolute Gasteiger partial charge is 0.456 e. The molecule has 0 unspecified atom stereocenters. The monoisotopic (exact) mass is 491 g/mol. The second-order valence-corrected chi connectivity index (χ2v) is 7.64. The Morgan fingerprint density at radius 3 is 2.54 bits per heavy atom. The molecule has 0 bridgehead atoms. The Bertz CT molecular complexity index is 1240. The van der Waals surface area contributed by atoms with Crippen LogP contribution in [0, 0.1) is 0 Å². The van der Waals surface area contributed by atoms with Crippen LogP contribution in [0.3, 0.4) is 0 Å². The van der Waals surface area contributed by atoms with E-state index < -0.39 is 35.8 Å². The van der Waals surface area contributed by atoms with Crippen molar-refractivity contribution in [3.8, 4) is 0 Å². The highest BCUT2D eigenvalue weighted by atomic mass is 19.4. The zero-order chi connectivity index (χ0) is 25.4. The van der Waals surface area contributed by atoms with Gasteiger partial charge in [-0.2, -0.15) is 13.2 Å². The fourth-order valence-electron chi connectivity index (χ4n) is 3.34. The van der Waals surface area contributed by atoms with E-state index in [1.54, 1.807) is 30.3 Å². The quantitative estimate of drug-likeness (QED) is 0.346. The number of fused-ring (bicyclic) bond motifs is 1. The molecule has 0 atom stereocenters. The van der Waals surface area contributed by atoms with E-state index in [2.05, 4.69) is 10.3 Å². The molecule has 35 heavy (non-hydrogen) atoms. The minimum Gasteiger partial charge on any atom is -0.456 e. The second kappa shape index (κ2) is 11.6. The summed E-state index contributed by atoms with van der Waals surface area (Å²) in [6.07, 6.45) is -5.02. The van der Waals surface area contributed by atoms with E-state index in [1.165, 1.54) is 17.7 Å². The number of alkyl halides is 3. The molecule has 1 amide bonds. The standard InChI is InChI=1S/C24H24F3N3O5/c1-34-12-11-28-21(31)15-35-22(32)10-8-18-23(33)30(14-16-5-3-2-4-6-16)20-9-7-17(24(25,26)27)13-19(20)29-18/h2-7,9,13H,8,10-12,14-15H2,1H3,(H,28,31). The van der Waals surface area contributed by atoms with Gasteiger partial charge in [-0.1, -0.05) is 30.3 Å². The molecular weight excluding hydrogens is 467 g/mol. The number of benzene rings is 2. The van der Waals surface area contributed by atoms with E-state index >= 15 is 0 Å². The highest BCUT2D eigenvalue weighted by molar-refractivity contribution is 5.80. The van der Waals surface area contributed by atoms with Gasteiger partial charge in [-0.25, -0.2) is 4.98 Å². The second-order valence-electron chi connectivity index (χ2n) is 7.64. The van der Waals surface area contributed by atoms with Crippen molar-refractivity contribution in [3.05, 3.63) is 75.7 Å². The number of aryl methyl sites for hydroxylation is 1. The number of nitrogens with zero attached hydrogens (tertiary/aromatic N) is 2. The molecule has 8 nitrogen and oxygen atoms in total. The number of methoxy groups -OCH3 is 1. The van der Waals surface area contributed by atoms with Crippen LogP contribution in [0.2, 0.25) is 0 Å². The number of halogens is 3. The average molecular weight is 491 g/mol. The number of aromatic nitrogens is 2. The van der Waals surface area contributed by atoms with E-state index in [0.29, 0.717) is 6.61 Å². The number of amides is 1. The molecule has 186 valence electrons. The van der Waals surface area contributed by atoms with Gasteiger partial charge in [-0.15, -0.1) is 0 Å². The molecule has 0 aliphatic heterocycles. The number of carbonyl (C=O) groups is 2. The number of hydrogen-bond donors (Lipinski definition) is 1. The molecule has 3 rings (SSSR count). The van der Waals surface area contributed by atoms with Crippen molar-refractivity contribution >= 4 is 22.9 Å². The third kappa shape index (κ3) is 7.12. The van der Waals surface area contributed by atoms with Crippen molar-refractivity contribution in [3.63, 3.8) is 0 Å². The summed E-state index contributed by atoms with van der Waals surface area (Å²) >= 11 is 0.